The van der Waals surface area contributed by atoms with E-state index < -0.39 is 0 Å². The van der Waals surface area contributed by atoms with Crippen LogP contribution in [0.3, 0.4) is 0 Å². The maximum absolute atomic E-state index is 4.80. The van der Waals surface area contributed by atoms with Gasteiger partial charge in [0.1, 0.15) is 0 Å². The van der Waals surface area contributed by atoms with E-state index in [0.29, 0.717) is 5.92 Å². The Labute approximate surface area is 118 Å². The summed E-state index contributed by atoms with van der Waals surface area (Å²) in [7, 11) is 0. The largest absolute Gasteiger partial charge is 0.357 e. The number of aryl methyl sites for hydroxylation is 1. The monoisotopic (exact) mass is 272 g/mol. The van der Waals surface area contributed by atoms with E-state index in [4.69, 9.17) is 4.98 Å². The summed E-state index contributed by atoms with van der Waals surface area (Å²) in [5.41, 5.74) is 2.64. The Balaban J connectivity index is 1.72. The van der Waals surface area contributed by atoms with Gasteiger partial charge in [0.25, 0.3) is 0 Å². The van der Waals surface area contributed by atoms with E-state index in [1.165, 1.54) is 29.0 Å². The second-order valence-corrected chi connectivity index (χ2v) is 6.55. The Morgan fingerprint density at radius 1 is 1.26 bits per heavy atom. The standard InChI is InChI=1S/C16H20N2S/c1-11-8-9-14-15(12(11)2)18-16(19-14)17-10-13-6-4-3-5-7-13/h3-7,11-12H,8-10H2,1-2H3,(H,17,18). The second kappa shape index (κ2) is 5.33. The van der Waals surface area contributed by atoms with Crippen molar-refractivity contribution in [3.8, 4) is 0 Å². The maximum Gasteiger partial charge on any atom is 0.183 e. The Bertz CT molecular complexity index is 547. The van der Waals surface area contributed by atoms with Crippen molar-refractivity contribution in [3.63, 3.8) is 0 Å². The summed E-state index contributed by atoms with van der Waals surface area (Å²) < 4.78 is 0. The first-order chi connectivity index (χ1) is 9.24. The molecule has 2 atom stereocenters. The topological polar surface area (TPSA) is 24.9 Å². The minimum Gasteiger partial charge on any atom is -0.357 e. The van der Waals surface area contributed by atoms with Crippen LogP contribution in [0.4, 0.5) is 5.13 Å². The van der Waals surface area contributed by atoms with Crippen LogP contribution in [0.1, 0.15) is 42.3 Å². The summed E-state index contributed by atoms with van der Waals surface area (Å²) in [6, 6.07) is 10.5. The molecule has 2 unspecified atom stereocenters. The highest BCUT2D eigenvalue weighted by molar-refractivity contribution is 7.15. The molecule has 3 rings (SSSR count). The van der Waals surface area contributed by atoms with Crippen molar-refractivity contribution < 1.29 is 0 Å². The van der Waals surface area contributed by atoms with E-state index in [2.05, 4.69) is 49.5 Å². The zero-order valence-corrected chi connectivity index (χ0v) is 12.3. The third kappa shape index (κ3) is 2.66. The van der Waals surface area contributed by atoms with Gasteiger partial charge in [-0.25, -0.2) is 4.98 Å². The van der Waals surface area contributed by atoms with Crippen LogP contribution in [-0.2, 0) is 13.0 Å². The highest BCUT2D eigenvalue weighted by Crippen LogP contribution is 2.39. The van der Waals surface area contributed by atoms with Crippen LogP contribution in [0.25, 0.3) is 0 Å². The van der Waals surface area contributed by atoms with E-state index in [-0.39, 0.29) is 0 Å². The lowest BCUT2D eigenvalue weighted by molar-refractivity contribution is 0.422. The average Bonchev–Trinajstić information content (AvgIpc) is 2.86. The fourth-order valence-corrected chi connectivity index (χ4v) is 3.70. The molecule has 0 radical (unpaired) electrons. The Hall–Kier alpha value is -1.35. The van der Waals surface area contributed by atoms with Crippen molar-refractivity contribution in [1.29, 1.82) is 0 Å². The van der Waals surface area contributed by atoms with E-state index in [0.717, 1.165) is 17.6 Å². The molecule has 0 spiro atoms. The number of rotatable bonds is 3. The molecule has 1 heterocycles. The van der Waals surface area contributed by atoms with Gasteiger partial charge >= 0.3 is 0 Å². The summed E-state index contributed by atoms with van der Waals surface area (Å²) in [6.45, 7) is 5.50. The van der Waals surface area contributed by atoms with Crippen molar-refractivity contribution in [2.75, 3.05) is 5.32 Å². The molecule has 2 nitrogen and oxygen atoms in total. The normalized spacial score (nSPS) is 22.0. The SMILES string of the molecule is CC1CCc2sc(NCc3ccccc3)nc2C1C. The number of nitrogens with one attached hydrogen (secondary N) is 1. The molecule has 1 N–H and O–H groups in total. The van der Waals surface area contributed by atoms with Crippen LogP contribution in [0.15, 0.2) is 30.3 Å². The summed E-state index contributed by atoms with van der Waals surface area (Å²) in [4.78, 5) is 6.29. The van der Waals surface area contributed by atoms with Gasteiger partial charge in [-0.2, -0.15) is 0 Å². The van der Waals surface area contributed by atoms with Crippen LogP contribution < -0.4 is 5.32 Å². The first kappa shape index (κ1) is 12.7. The van der Waals surface area contributed by atoms with Crippen LogP contribution in [0, 0.1) is 5.92 Å². The van der Waals surface area contributed by atoms with Crippen molar-refractivity contribution in [1.82, 2.24) is 4.98 Å². The van der Waals surface area contributed by atoms with Gasteiger partial charge in [0.15, 0.2) is 5.13 Å². The molecule has 3 heteroatoms. The first-order valence-electron chi connectivity index (χ1n) is 7.01. The van der Waals surface area contributed by atoms with Gasteiger partial charge in [0, 0.05) is 17.3 Å². The predicted octanol–water partition coefficient (Wildman–Crippen LogP) is 4.44. The maximum atomic E-state index is 4.80. The number of fused-ring (bicyclic) bond motifs is 1. The molecule has 1 aromatic carbocycles. The van der Waals surface area contributed by atoms with Gasteiger partial charge in [0.2, 0.25) is 0 Å². The van der Waals surface area contributed by atoms with E-state index >= 15 is 0 Å². The molecule has 1 aliphatic carbocycles. The van der Waals surface area contributed by atoms with Crippen LogP contribution in [-0.4, -0.2) is 4.98 Å². The lowest BCUT2D eigenvalue weighted by Crippen LogP contribution is -2.14. The summed E-state index contributed by atoms with van der Waals surface area (Å²) >= 11 is 1.84. The van der Waals surface area contributed by atoms with Crippen molar-refractivity contribution in [3.05, 3.63) is 46.5 Å². The zero-order chi connectivity index (χ0) is 13.2. The highest BCUT2D eigenvalue weighted by Gasteiger charge is 2.26. The van der Waals surface area contributed by atoms with Crippen LogP contribution in [0.2, 0.25) is 0 Å². The van der Waals surface area contributed by atoms with Crippen LogP contribution in [0.5, 0.6) is 0 Å². The smallest absolute Gasteiger partial charge is 0.183 e. The molecular formula is C16H20N2S. The molecular weight excluding hydrogens is 252 g/mol. The quantitative estimate of drug-likeness (QED) is 0.893. The molecule has 0 fully saturated rings. The van der Waals surface area contributed by atoms with Gasteiger partial charge in [-0.1, -0.05) is 44.2 Å². The van der Waals surface area contributed by atoms with Gasteiger partial charge in [-0.05, 0) is 24.3 Å². The van der Waals surface area contributed by atoms with Crippen molar-refractivity contribution >= 4 is 16.5 Å². The number of anilines is 1. The lowest BCUT2D eigenvalue weighted by Gasteiger charge is -2.24. The van der Waals surface area contributed by atoms with E-state index in [1.54, 1.807) is 0 Å². The van der Waals surface area contributed by atoms with Crippen molar-refractivity contribution in [2.24, 2.45) is 5.92 Å². The Kier molecular flexibility index (Phi) is 3.56. The molecule has 19 heavy (non-hydrogen) atoms. The predicted molar refractivity (Wildman–Crippen MR) is 81.8 cm³/mol. The molecule has 1 aliphatic rings. The number of nitrogens with zero attached hydrogens (tertiary/aromatic N) is 1. The molecule has 2 aromatic rings. The lowest BCUT2D eigenvalue weighted by atomic mass is 9.83. The zero-order valence-electron chi connectivity index (χ0n) is 11.5. The van der Waals surface area contributed by atoms with Gasteiger partial charge in [-0.3, -0.25) is 0 Å². The second-order valence-electron chi connectivity index (χ2n) is 5.47. The van der Waals surface area contributed by atoms with Gasteiger partial charge in [0.05, 0.1) is 5.69 Å². The number of hydrogen-bond acceptors (Lipinski definition) is 3. The Morgan fingerprint density at radius 2 is 2.05 bits per heavy atom. The summed E-state index contributed by atoms with van der Waals surface area (Å²) in [5, 5.41) is 4.54. The average molecular weight is 272 g/mol. The fourth-order valence-electron chi connectivity index (χ4n) is 2.63. The third-order valence-electron chi connectivity index (χ3n) is 4.13. The number of thiazole rings is 1. The molecule has 0 saturated carbocycles. The molecule has 1 aromatic heterocycles. The van der Waals surface area contributed by atoms with E-state index in [9.17, 15) is 0 Å². The van der Waals surface area contributed by atoms with Crippen molar-refractivity contribution in [2.45, 2.75) is 39.2 Å². The minimum absolute atomic E-state index is 0.604. The number of benzene rings is 1. The third-order valence-corrected chi connectivity index (χ3v) is 5.21. The molecule has 0 aliphatic heterocycles. The molecule has 0 bridgehead atoms. The molecule has 0 saturated heterocycles. The minimum atomic E-state index is 0.604. The first-order valence-corrected chi connectivity index (χ1v) is 7.83. The molecule has 100 valence electrons. The van der Waals surface area contributed by atoms with E-state index in [1.807, 2.05) is 11.3 Å². The number of aromatic nitrogens is 1. The summed E-state index contributed by atoms with van der Waals surface area (Å²) in [5.74, 6) is 1.36. The molecule has 0 amide bonds. The Morgan fingerprint density at radius 3 is 2.84 bits per heavy atom. The van der Waals surface area contributed by atoms with Gasteiger partial charge < -0.3 is 5.32 Å². The highest BCUT2D eigenvalue weighted by atomic mass is 32.1. The number of hydrogen-bond donors (Lipinski definition) is 1. The fraction of sp³-hybridized carbons (Fsp3) is 0.438. The van der Waals surface area contributed by atoms with Gasteiger partial charge in [-0.15, -0.1) is 11.3 Å². The summed E-state index contributed by atoms with van der Waals surface area (Å²) in [6.07, 6.45) is 2.50. The van der Waals surface area contributed by atoms with Crippen LogP contribution >= 0.6 is 11.3 Å².